The van der Waals surface area contributed by atoms with E-state index in [2.05, 4.69) is 15.5 Å². The van der Waals surface area contributed by atoms with Crippen molar-refractivity contribution in [1.29, 1.82) is 0 Å². The smallest absolute Gasteiger partial charge is 0.315 e. The lowest BCUT2D eigenvalue weighted by molar-refractivity contribution is 0.314. The summed E-state index contributed by atoms with van der Waals surface area (Å²) >= 11 is 0. The van der Waals surface area contributed by atoms with Gasteiger partial charge in [-0.2, -0.15) is 0 Å². The fourth-order valence-electron chi connectivity index (χ4n) is 1.53. The quantitative estimate of drug-likeness (QED) is 0.764. The average Bonchev–Trinajstić information content (AvgIpc) is 2.88. The first kappa shape index (κ1) is 17.3. The first-order chi connectivity index (χ1) is 9.55. The fraction of sp³-hybridized carbons (Fsp3) is 0.429. The van der Waals surface area contributed by atoms with Crippen molar-refractivity contribution in [3.8, 4) is 5.75 Å². The minimum Gasteiger partial charge on any atom is -0.494 e. The van der Waals surface area contributed by atoms with E-state index < -0.39 is 5.54 Å². The number of nitrogens with zero attached hydrogens (tertiary/aromatic N) is 2. The van der Waals surface area contributed by atoms with E-state index in [9.17, 15) is 0 Å². The van der Waals surface area contributed by atoms with Gasteiger partial charge in [0.15, 0.2) is 0 Å². The van der Waals surface area contributed by atoms with E-state index in [0.29, 0.717) is 25.1 Å². The van der Waals surface area contributed by atoms with Gasteiger partial charge in [-0.15, -0.1) is 17.5 Å². The Morgan fingerprint density at radius 2 is 1.95 bits per heavy atom. The third-order valence-electron chi connectivity index (χ3n) is 2.59. The number of rotatable bonds is 7. The molecule has 2 aromatic rings. The predicted octanol–water partition coefficient (Wildman–Crippen LogP) is 2.57. The number of ether oxygens (including phenoxy) is 1. The molecule has 0 aliphatic carbocycles. The van der Waals surface area contributed by atoms with E-state index in [4.69, 9.17) is 14.9 Å². The van der Waals surface area contributed by atoms with Crippen LogP contribution < -0.4 is 15.8 Å². The molecule has 0 radical (unpaired) electrons. The van der Waals surface area contributed by atoms with E-state index in [1.165, 1.54) is 0 Å². The summed E-state index contributed by atoms with van der Waals surface area (Å²) in [6.07, 6.45) is 0.832. The van der Waals surface area contributed by atoms with Gasteiger partial charge in [-0.05, 0) is 32.4 Å². The van der Waals surface area contributed by atoms with Crippen LogP contribution in [0.2, 0.25) is 0 Å². The summed E-state index contributed by atoms with van der Waals surface area (Å²) < 4.78 is 11.0. The SMILES string of the molecule is CC(C)(N)c1nnc(NCCCOc2ccccc2)o1.Cl. The fourth-order valence-corrected chi connectivity index (χ4v) is 1.53. The first-order valence-electron chi connectivity index (χ1n) is 6.60. The Hall–Kier alpha value is -1.79. The number of aromatic nitrogens is 2. The number of benzene rings is 1. The van der Waals surface area contributed by atoms with Gasteiger partial charge in [0.2, 0.25) is 5.89 Å². The standard InChI is InChI=1S/C14H20N4O2.ClH/c1-14(2,15)12-17-18-13(20-12)16-9-6-10-19-11-7-4-3-5-8-11;/h3-5,7-8H,6,9-10,15H2,1-2H3,(H,16,18);1H. The van der Waals surface area contributed by atoms with Crippen molar-refractivity contribution < 1.29 is 9.15 Å². The Balaban J connectivity index is 0.00000220. The molecule has 0 fully saturated rings. The van der Waals surface area contributed by atoms with Gasteiger partial charge >= 0.3 is 6.01 Å². The zero-order chi connectivity index (χ0) is 14.4. The maximum atomic E-state index is 5.87. The van der Waals surface area contributed by atoms with Crippen LogP contribution in [0.1, 0.15) is 26.2 Å². The highest BCUT2D eigenvalue weighted by molar-refractivity contribution is 5.85. The molecule has 0 saturated heterocycles. The molecule has 1 aromatic heterocycles. The molecule has 0 saturated carbocycles. The van der Waals surface area contributed by atoms with E-state index in [-0.39, 0.29) is 12.4 Å². The van der Waals surface area contributed by atoms with Crippen molar-refractivity contribution in [3.63, 3.8) is 0 Å². The van der Waals surface area contributed by atoms with Crippen LogP contribution in [0.15, 0.2) is 34.7 Å². The molecule has 116 valence electrons. The highest BCUT2D eigenvalue weighted by Crippen LogP contribution is 2.16. The normalized spacial score (nSPS) is 10.8. The molecule has 21 heavy (non-hydrogen) atoms. The molecular weight excluding hydrogens is 292 g/mol. The molecule has 3 N–H and O–H groups in total. The lowest BCUT2D eigenvalue weighted by Gasteiger charge is -2.11. The second-order valence-electron chi connectivity index (χ2n) is 5.08. The average molecular weight is 313 g/mol. The lowest BCUT2D eigenvalue weighted by atomic mass is 10.1. The number of halogens is 1. The summed E-state index contributed by atoms with van der Waals surface area (Å²) in [6.45, 7) is 4.95. The molecule has 7 heteroatoms. The van der Waals surface area contributed by atoms with Crippen molar-refractivity contribution in [2.75, 3.05) is 18.5 Å². The molecule has 1 aromatic carbocycles. The molecule has 0 amide bonds. The number of nitrogens with one attached hydrogen (secondary N) is 1. The third kappa shape index (κ3) is 5.61. The number of hydrogen-bond acceptors (Lipinski definition) is 6. The van der Waals surface area contributed by atoms with E-state index >= 15 is 0 Å². The Morgan fingerprint density at radius 1 is 1.24 bits per heavy atom. The predicted molar refractivity (Wildman–Crippen MR) is 83.8 cm³/mol. The summed E-state index contributed by atoms with van der Waals surface area (Å²) in [6, 6.07) is 10.1. The van der Waals surface area contributed by atoms with Gasteiger partial charge in [0.05, 0.1) is 12.1 Å². The number of hydrogen-bond donors (Lipinski definition) is 2. The van der Waals surface area contributed by atoms with Crippen LogP contribution in [-0.4, -0.2) is 23.3 Å². The second kappa shape index (κ2) is 7.85. The van der Waals surface area contributed by atoms with Crippen LogP contribution in [0.4, 0.5) is 6.01 Å². The summed E-state index contributed by atoms with van der Waals surface area (Å²) in [5.74, 6) is 1.29. The van der Waals surface area contributed by atoms with Crippen molar-refractivity contribution in [3.05, 3.63) is 36.2 Å². The van der Waals surface area contributed by atoms with Crippen molar-refractivity contribution in [2.45, 2.75) is 25.8 Å². The van der Waals surface area contributed by atoms with Crippen LogP contribution in [0, 0.1) is 0 Å². The molecule has 0 unspecified atom stereocenters. The van der Waals surface area contributed by atoms with Crippen LogP contribution in [0.25, 0.3) is 0 Å². The van der Waals surface area contributed by atoms with E-state index in [1.807, 2.05) is 44.2 Å². The number of nitrogens with two attached hydrogens (primary N) is 1. The molecule has 0 aliphatic heterocycles. The minimum absolute atomic E-state index is 0. The summed E-state index contributed by atoms with van der Waals surface area (Å²) in [5, 5.41) is 10.8. The first-order valence-corrected chi connectivity index (χ1v) is 6.60. The second-order valence-corrected chi connectivity index (χ2v) is 5.08. The zero-order valence-electron chi connectivity index (χ0n) is 12.2. The van der Waals surface area contributed by atoms with Gasteiger partial charge in [0.1, 0.15) is 5.75 Å². The van der Waals surface area contributed by atoms with Crippen molar-refractivity contribution >= 4 is 18.4 Å². The Morgan fingerprint density at radius 3 is 2.57 bits per heavy atom. The summed E-state index contributed by atoms with van der Waals surface area (Å²) in [5.41, 5.74) is 5.25. The van der Waals surface area contributed by atoms with Gasteiger partial charge in [-0.3, -0.25) is 0 Å². The molecule has 6 nitrogen and oxygen atoms in total. The number of para-hydroxylation sites is 1. The monoisotopic (exact) mass is 312 g/mol. The van der Waals surface area contributed by atoms with Crippen molar-refractivity contribution in [2.24, 2.45) is 5.73 Å². The molecule has 0 aliphatic rings. The Bertz CT molecular complexity index is 525. The molecule has 0 bridgehead atoms. The lowest BCUT2D eigenvalue weighted by Crippen LogP contribution is -2.29. The Labute approximate surface area is 130 Å². The molecule has 0 spiro atoms. The topological polar surface area (TPSA) is 86.2 Å². The Kier molecular flexibility index (Phi) is 6.45. The van der Waals surface area contributed by atoms with Gasteiger partial charge in [0, 0.05) is 6.54 Å². The van der Waals surface area contributed by atoms with Crippen LogP contribution in [0.5, 0.6) is 5.75 Å². The van der Waals surface area contributed by atoms with Crippen LogP contribution in [0.3, 0.4) is 0 Å². The molecule has 1 heterocycles. The van der Waals surface area contributed by atoms with Gasteiger partial charge in [0.25, 0.3) is 0 Å². The summed E-state index contributed by atoms with van der Waals surface area (Å²) in [7, 11) is 0. The number of anilines is 1. The van der Waals surface area contributed by atoms with Gasteiger partial charge in [-0.1, -0.05) is 23.3 Å². The molecular formula is C14H21ClN4O2. The van der Waals surface area contributed by atoms with Crippen molar-refractivity contribution in [1.82, 2.24) is 10.2 Å². The highest BCUT2D eigenvalue weighted by Gasteiger charge is 2.21. The van der Waals surface area contributed by atoms with Crippen LogP contribution >= 0.6 is 12.4 Å². The van der Waals surface area contributed by atoms with Crippen LogP contribution in [-0.2, 0) is 5.54 Å². The van der Waals surface area contributed by atoms with E-state index in [0.717, 1.165) is 12.2 Å². The maximum Gasteiger partial charge on any atom is 0.315 e. The third-order valence-corrected chi connectivity index (χ3v) is 2.59. The van der Waals surface area contributed by atoms with Gasteiger partial charge < -0.3 is 20.2 Å². The minimum atomic E-state index is -0.622. The largest absolute Gasteiger partial charge is 0.494 e. The highest BCUT2D eigenvalue weighted by atomic mass is 35.5. The summed E-state index contributed by atoms with van der Waals surface area (Å²) in [4.78, 5) is 0. The van der Waals surface area contributed by atoms with Gasteiger partial charge in [-0.25, -0.2) is 0 Å². The van der Waals surface area contributed by atoms with E-state index in [1.54, 1.807) is 0 Å². The maximum absolute atomic E-state index is 5.87. The zero-order valence-corrected chi connectivity index (χ0v) is 13.0. The molecule has 2 rings (SSSR count). The molecule has 0 atom stereocenters.